The predicted octanol–water partition coefficient (Wildman–Crippen LogP) is 5.86. The SMILES string of the molecule is C=C1CC[C@@H]2[C@](C)(CCC[C@]2(C)C(=O)N(CC)CC)[C@H]1CCc1ccoc1. The van der Waals surface area contributed by atoms with E-state index in [0.717, 1.165) is 51.6 Å². The van der Waals surface area contributed by atoms with Gasteiger partial charge in [-0.25, -0.2) is 0 Å². The topological polar surface area (TPSA) is 33.5 Å². The highest BCUT2D eigenvalue weighted by Gasteiger charge is 2.57. The summed E-state index contributed by atoms with van der Waals surface area (Å²) in [5.74, 6) is 1.33. The molecule has 0 bridgehead atoms. The van der Waals surface area contributed by atoms with Crippen LogP contribution in [0.4, 0.5) is 0 Å². The number of amides is 1. The first-order chi connectivity index (χ1) is 12.9. The van der Waals surface area contributed by atoms with Crippen LogP contribution in [0, 0.1) is 22.7 Å². The Morgan fingerprint density at radius 2 is 2.04 bits per heavy atom. The average Bonchev–Trinajstić information content (AvgIpc) is 3.15. The summed E-state index contributed by atoms with van der Waals surface area (Å²) in [7, 11) is 0. The summed E-state index contributed by atoms with van der Waals surface area (Å²) in [6.45, 7) is 15.0. The van der Waals surface area contributed by atoms with Crippen molar-refractivity contribution in [3.63, 3.8) is 0 Å². The number of rotatable bonds is 6. The van der Waals surface area contributed by atoms with Gasteiger partial charge in [-0.3, -0.25) is 4.79 Å². The van der Waals surface area contributed by atoms with E-state index in [4.69, 9.17) is 4.42 Å². The number of carbonyl (C=O) groups excluding carboxylic acids is 1. The molecule has 2 aliphatic rings. The number of fused-ring (bicyclic) bond motifs is 1. The zero-order valence-electron chi connectivity index (χ0n) is 17.7. The molecule has 2 fully saturated rings. The van der Waals surface area contributed by atoms with Gasteiger partial charge in [-0.15, -0.1) is 0 Å². The molecule has 0 unspecified atom stereocenters. The van der Waals surface area contributed by atoms with E-state index in [0.29, 0.717) is 17.7 Å². The van der Waals surface area contributed by atoms with Crippen LogP contribution in [0.15, 0.2) is 35.2 Å². The van der Waals surface area contributed by atoms with E-state index in [1.54, 1.807) is 6.26 Å². The molecule has 2 aliphatic carbocycles. The first-order valence-electron chi connectivity index (χ1n) is 10.8. The highest BCUT2D eigenvalue weighted by molar-refractivity contribution is 5.83. The minimum atomic E-state index is -0.229. The van der Waals surface area contributed by atoms with Crippen LogP contribution in [-0.2, 0) is 11.2 Å². The van der Waals surface area contributed by atoms with Crippen molar-refractivity contribution in [3.05, 3.63) is 36.3 Å². The van der Waals surface area contributed by atoms with E-state index < -0.39 is 0 Å². The lowest BCUT2D eigenvalue weighted by Gasteiger charge is -2.58. The van der Waals surface area contributed by atoms with Gasteiger partial charge in [0.15, 0.2) is 0 Å². The van der Waals surface area contributed by atoms with Crippen LogP contribution in [0.1, 0.15) is 71.8 Å². The summed E-state index contributed by atoms with van der Waals surface area (Å²) in [5.41, 5.74) is 2.62. The number of nitrogens with zero attached hydrogens (tertiary/aromatic N) is 1. The molecule has 1 aromatic rings. The molecule has 1 amide bonds. The van der Waals surface area contributed by atoms with Crippen LogP contribution in [0.25, 0.3) is 0 Å². The Morgan fingerprint density at radius 3 is 2.67 bits per heavy atom. The number of allylic oxidation sites excluding steroid dienone is 1. The van der Waals surface area contributed by atoms with Gasteiger partial charge in [0.1, 0.15) is 0 Å². The predicted molar refractivity (Wildman–Crippen MR) is 110 cm³/mol. The van der Waals surface area contributed by atoms with E-state index in [1.165, 1.54) is 17.6 Å². The fourth-order valence-electron chi connectivity index (χ4n) is 6.36. The molecule has 3 heteroatoms. The molecule has 0 saturated heterocycles. The quantitative estimate of drug-likeness (QED) is 0.587. The Balaban J connectivity index is 1.87. The molecular weight excluding hydrogens is 334 g/mol. The standard InChI is InChI=1S/C24H37NO2/c1-6-25(7-2)22(26)24(5)15-8-14-23(4)20(18(3)9-12-21(23)24)11-10-19-13-16-27-17-19/h13,16-17,20-21H,3,6-12,14-15H2,1-2,4-5H3/t20-,21+,23+,24-/m0/s1. The van der Waals surface area contributed by atoms with Crippen molar-refractivity contribution in [1.82, 2.24) is 4.90 Å². The van der Waals surface area contributed by atoms with Crippen LogP contribution in [-0.4, -0.2) is 23.9 Å². The van der Waals surface area contributed by atoms with Crippen molar-refractivity contribution >= 4 is 5.91 Å². The first-order valence-corrected chi connectivity index (χ1v) is 10.8. The van der Waals surface area contributed by atoms with Gasteiger partial charge in [-0.1, -0.05) is 32.4 Å². The molecule has 0 spiro atoms. The van der Waals surface area contributed by atoms with Crippen molar-refractivity contribution < 1.29 is 9.21 Å². The minimum absolute atomic E-state index is 0.175. The Morgan fingerprint density at radius 1 is 1.30 bits per heavy atom. The molecule has 2 saturated carbocycles. The van der Waals surface area contributed by atoms with Crippen molar-refractivity contribution in [2.24, 2.45) is 22.7 Å². The summed E-state index contributed by atoms with van der Waals surface area (Å²) >= 11 is 0. The van der Waals surface area contributed by atoms with Gasteiger partial charge in [-0.05, 0) is 81.3 Å². The maximum absolute atomic E-state index is 13.5. The molecule has 4 atom stereocenters. The third kappa shape index (κ3) is 3.50. The van der Waals surface area contributed by atoms with Crippen molar-refractivity contribution in [3.8, 4) is 0 Å². The fourth-order valence-corrected chi connectivity index (χ4v) is 6.36. The zero-order chi connectivity index (χ0) is 19.7. The monoisotopic (exact) mass is 371 g/mol. The number of aryl methyl sites for hydroxylation is 1. The Hall–Kier alpha value is -1.51. The second-order valence-electron chi connectivity index (χ2n) is 9.23. The summed E-state index contributed by atoms with van der Waals surface area (Å²) in [6, 6.07) is 2.07. The van der Waals surface area contributed by atoms with Crippen LogP contribution < -0.4 is 0 Å². The van der Waals surface area contributed by atoms with Gasteiger partial charge in [0, 0.05) is 18.5 Å². The molecule has 150 valence electrons. The summed E-state index contributed by atoms with van der Waals surface area (Å²) in [4.78, 5) is 15.6. The molecule has 1 aromatic heterocycles. The maximum atomic E-state index is 13.5. The number of carbonyl (C=O) groups is 1. The van der Waals surface area contributed by atoms with Gasteiger partial charge in [-0.2, -0.15) is 0 Å². The lowest BCUT2D eigenvalue weighted by atomic mass is 9.46. The van der Waals surface area contributed by atoms with E-state index in [1.807, 2.05) is 6.26 Å². The fraction of sp³-hybridized carbons (Fsp3) is 0.708. The third-order valence-electron chi connectivity index (χ3n) is 7.86. The molecule has 0 radical (unpaired) electrons. The van der Waals surface area contributed by atoms with Gasteiger partial charge in [0.05, 0.1) is 12.5 Å². The summed E-state index contributed by atoms with van der Waals surface area (Å²) in [6.07, 6.45) is 11.3. The van der Waals surface area contributed by atoms with Crippen molar-refractivity contribution in [2.75, 3.05) is 13.1 Å². The molecule has 1 heterocycles. The van der Waals surface area contributed by atoms with Gasteiger partial charge in [0.2, 0.25) is 5.91 Å². The summed E-state index contributed by atoms with van der Waals surface area (Å²) in [5, 5.41) is 0. The van der Waals surface area contributed by atoms with E-state index >= 15 is 0 Å². The van der Waals surface area contributed by atoms with Gasteiger partial charge >= 0.3 is 0 Å². The second-order valence-corrected chi connectivity index (χ2v) is 9.23. The van der Waals surface area contributed by atoms with Crippen LogP contribution >= 0.6 is 0 Å². The summed E-state index contributed by atoms with van der Waals surface area (Å²) < 4.78 is 5.26. The Bertz CT molecular complexity index is 660. The van der Waals surface area contributed by atoms with Gasteiger partial charge < -0.3 is 9.32 Å². The molecular formula is C24H37NO2. The lowest BCUT2D eigenvalue weighted by molar-refractivity contribution is -0.157. The Kier molecular flexibility index (Phi) is 5.88. The zero-order valence-corrected chi connectivity index (χ0v) is 17.7. The molecule has 0 aliphatic heterocycles. The van der Waals surface area contributed by atoms with Crippen LogP contribution in [0.5, 0.6) is 0 Å². The largest absolute Gasteiger partial charge is 0.472 e. The normalized spacial score (nSPS) is 33.6. The highest BCUT2D eigenvalue weighted by atomic mass is 16.3. The first kappa shape index (κ1) is 20.2. The molecule has 0 aromatic carbocycles. The highest BCUT2D eigenvalue weighted by Crippen LogP contribution is 2.62. The van der Waals surface area contributed by atoms with Crippen LogP contribution in [0.3, 0.4) is 0 Å². The molecule has 0 N–H and O–H groups in total. The number of hydrogen-bond acceptors (Lipinski definition) is 2. The number of furan rings is 1. The smallest absolute Gasteiger partial charge is 0.228 e. The molecule has 3 rings (SSSR count). The van der Waals surface area contributed by atoms with Crippen molar-refractivity contribution in [1.29, 1.82) is 0 Å². The average molecular weight is 372 g/mol. The van der Waals surface area contributed by atoms with E-state index in [9.17, 15) is 4.79 Å². The lowest BCUT2D eigenvalue weighted by Crippen LogP contribution is -2.56. The van der Waals surface area contributed by atoms with E-state index in [-0.39, 0.29) is 10.8 Å². The molecule has 27 heavy (non-hydrogen) atoms. The van der Waals surface area contributed by atoms with Crippen LogP contribution in [0.2, 0.25) is 0 Å². The van der Waals surface area contributed by atoms with Gasteiger partial charge in [0.25, 0.3) is 0 Å². The van der Waals surface area contributed by atoms with E-state index in [2.05, 4.69) is 45.2 Å². The Labute approximate surface area is 165 Å². The maximum Gasteiger partial charge on any atom is 0.228 e. The third-order valence-corrected chi connectivity index (χ3v) is 7.86. The minimum Gasteiger partial charge on any atom is -0.472 e. The second kappa shape index (κ2) is 7.85. The number of hydrogen-bond donors (Lipinski definition) is 0. The van der Waals surface area contributed by atoms with Crippen molar-refractivity contribution in [2.45, 2.75) is 72.6 Å². The molecule has 3 nitrogen and oxygen atoms in total.